The Labute approximate surface area is 254 Å². The molecule has 2 heterocycles. The zero-order valence-corrected chi connectivity index (χ0v) is 25.6. The van der Waals surface area contributed by atoms with E-state index in [0.717, 1.165) is 43.0 Å². The fourth-order valence-electron chi connectivity index (χ4n) is 4.74. The molecule has 4 rings (SSSR count). The summed E-state index contributed by atoms with van der Waals surface area (Å²) in [5.74, 6) is 0.548. The van der Waals surface area contributed by atoms with Crippen LogP contribution >= 0.6 is 13.5 Å². The molecule has 2 aromatic carbocycles. The lowest BCUT2D eigenvalue weighted by atomic mass is 10.1. The number of amides is 1. The van der Waals surface area contributed by atoms with E-state index in [1.165, 1.54) is 6.08 Å². The Morgan fingerprint density at radius 3 is 2.52 bits per heavy atom. The predicted molar refractivity (Wildman–Crippen MR) is 172 cm³/mol. The summed E-state index contributed by atoms with van der Waals surface area (Å²) < 4.78 is 5.72. The second-order valence-corrected chi connectivity index (χ2v) is 10.4. The van der Waals surface area contributed by atoms with E-state index in [9.17, 15) is 14.7 Å². The summed E-state index contributed by atoms with van der Waals surface area (Å²) in [6.07, 6.45) is 3.52. The fourth-order valence-corrected chi connectivity index (χ4v) is 4.74. The number of nitrogens with zero attached hydrogens (tertiary/aromatic N) is 5. The maximum absolute atomic E-state index is 13.3. The van der Waals surface area contributed by atoms with E-state index in [0.29, 0.717) is 41.5 Å². The van der Waals surface area contributed by atoms with E-state index in [4.69, 9.17) is 4.74 Å². The molecule has 3 aromatic rings. The zero-order chi connectivity index (χ0) is 29.5. The number of rotatable bonds is 12. The minimum absolute atomic E-state index is 0. The van der Waals surface area contributed by atoms with E-state index in [2.05, 4.69) is 36.6 Å². The largest absolute Gasteiger partial charge is 0.496 e. The molecule has 2 N–H and O–H groups in total. The number of nitrogens with one attached hydrogen (secondary N) is 1. The number of aromatic nitrogens is 2. The third-order valence-electron chi connectivity index (χ3n) is 7.08. The van der Waals surface area contributed by atoms with Crippen molar-refractivity contribution in [3.05, 3.63) is 84.0 Å². The van der Waals surface area contributed by atoms with Gasteiger partial charge < -0.3 is 29.9 Å². The van der Waals surface area contributed by atoms with Gasteiger partial charge in [0.25, 0.3) is 0 Å². The Hall–Kier alpha value is -3.93. The molecule has 1 atom stereocenters. The molecule has 0 bridgehead atoms. The number of hydrogen-bond donors (Lipinski definition) is 2. The van der Waals surface area contributed by atoms with Crippen LogP contribution in [-0.4, -0.2) is 92.2 Å². The van der Waals surface area contributed by atoms with Crippen LogP contribution in [0.3, 0.4) is 0 Å². The molecule has 0 aliphatic carbocycles. The summed E-state index contributed by atoms with van der Waals surface area (Å²) in [5.41, 5.74) is 3.97. The van der Waals surface area contributed by atoms with Gasteiger partial charge in [-0.15, -0.1) is 0 Å². The highest BCUT2D eigenvalue weighted by molar-refractivity contribution is 7.59. The summed E-state index contributed by atoms with van der Waals surface area (Å²) in [6.45, 7) is 6.52. The van der Waals surface area contributed by atoms with Gasteiger partial charge in [-0.25, -0.2) is 9.97 Å². The molecule has 1 fully saturated rings. The van der Waals surface area contributed by atoms with Crippen molar-refractivity contribution in [2.45, 2.75) is 18.9 Å². The number of β-amino-alcohol motifs (C(OH)–C–C–N with tert-alkyl or cyclic N) is 1. The zero-order valence-electron chi connectivity index (χ0n) is 24.6. The first kappa shape index (κ1) is 32.6. The van der Waals surface area contributed by atoms with Crippen LogP contribution in [0.4, 0.5) is 17.1 Å². The maximum Gasteiger partial charge on any atom is 0.247 e. The third kappa shape index (κ3) is 8.09. The molecule has 1 aliphatic heterocycles. The lowest BCUT2D eigenvalue weighted by molar-refractivity contribution is -0.111. The predicted octanol–water partition coefficient (Wildman–Crippen LogP) is 3.11. The van der Waals surface area contributed by atoms with Crippen molar-refractivity contribution in [1.29, 1.82) is 0 Å². The average Bonchev–Trinajstić information content (AvgIpc) is 3.42. The van der Waals surface area contributed by atoms with Crippen LogP contribution in [0.25, 0.3) is 0 Å². The van der Waals surface area contributed by atoms with Gasteiger partial charge in [0, 0.05) is 68.7 Å². The Bertz CT molecular complexity index is 1400. The van der Waals surface area contributed by atoms with Crippen LogP contribution in [-0.2, 0) is 11.2 Å². The van der Waals surface area contributed by atoms with Crippen molar-refractivity contribution in [2.24, 2.45) is 0 Å². The summed E-state index contributed by atoms with van der Waals surface area (Å²) >= 11 is 0. The van der Waals surface area contributed by atoms with Gasteiger partial charge in [-0.05, 0) is 63.0 Å². The molecule has 0 unspecified atom stereocenters. The number of aliphatic hydroxyl groups excluding tert-OH is 1. The highest BCUT2D eigenvalue weighted by Gasteiger charge is 2.21. The molecule has 0 saturated carbocycles. The third-order valence-corrected chi connectivity index (χ3v) is 7.08. The van der Waals surface area contributed by atoms with Gasteiger partial charge in [0.1, 0.15) is 17.3 Å². The Balaban J connectivity index is 0.00000484. The second kappa shape index (κ2) is 14.8. The molecule has 11 heteroatoms. The first-order valence-electron chi connectivity index (χ1n) is 13.6. The van der Waals surface area contributed by atoms with Crippen molar-refractivity contribution in [3.8, 4) is 5.75 Å². The molecule has 1 aliphatic rings. The normalized spacial score (nSPS) is 14.3. The molecular formula is C31H40N6O4S. The summed E-state index contributed by atoms with van der Waals surface area (Å²) in [5, 5.41) is 12.7. The Morgan fingerprint density at radius 1 is 1.17 bits per heavy atom. The summed E-state index contributed by atoms with van der Waals surface area (Å²) in [6, 6.07) is 12.7. The van der Waals surface area contributed by atoms with E-state index in [1.807, 2.05) is 45.4 Å². The SMILES string of the molecule is C=CC(=O)Nc1cc(Cc2nccc(C(=O)c3ccc(N4CC[C@H](O)C4)cc3)n2)c(OC)cc1N(C)CCN(C)C.S. The number of aliphatic hydroxyl groups is 1. The molecule has 42 heavy (non-hydrogen) atoms. The van der Waals surface area contributed by atoms with Gasteiger partial charge in [0.05, 0.1) is 24.6 Å². The van der Waals surface area contributed by atoms with Gasteiger partial charge in [0.15, 0.2) is 0 Å². The van der Waals surface area contributed by atoms with Gasteiger partial charge >= 0.3 is 0 Å². The number of ketones is 1. The molecule has 10 nitrogen and oxygen atoms in total. The van der Waals surface area contributed by atoms with Crippen molar-refractivity contribution in [3.63, 3.8) is 0 Å². The molecule has 1 amide bonds. The molecule has 1 aromatic heterocycles. The van der Waals surface area contributed by atoms with Crippen molar-refractivity contribution < 1.29 is 19.4 Å². The van der Waals surface area contributed by atoms with Crippen LogP contribution in [0, 0.1) is 0 Å². The number of carbonyl (C=O) groups excluding carboxylic acids is 2. The monoisotopic (exact) mass is 592 g/mol. The average molecular weight is 593 g/mol. The standard InChI is InChI=1S/C31H38N6O4.H2S/c1-6-30(39)34-26-17-22(28(41-5)19-27(26)36(4)16-15-35(2)3)18-29-32-13-11-25(33-29)31(40)21-7-9-23(10-8-21)37-14-12-24(38)20-37;/h6-11,13,17,19,24,38H,1,12,14-16,18,20H2,2-5H3,(H,34,39);1H2/t24-;/m0./s1. The fraction of sp³-hybridized carbons (Fsp3) is 0.355. The quantitative estimate of drug-likeness (QED) is 0.242. The van der Waals surface area contributed by atoms with Crippen molar-refractivity contribution >= 4 is 42.2 Å². The number of ether oxygens (including phenoxy) is 1. The maximum atomic E-state index is 13.3. The molecule has 0 spiro atoms. The molecule has 224 valence electrons. The lowest BCUT2D eigenvalue weighted by Gasteiger charge is -2.25. The number of methoxy groups -OCH3 is 1. The van der Waals surface area contributed by atoms with E-state index >= 15 is 0 Å². The molecule has 0 radical (unpaired) electrons. The minimum Gasteiger partial charge on any atom is -0.496 e. The van der Waals surface area contributed by atoms with Crippen LogP contribution in [0.1, 0.15) is 33.9 Å². The Morgan fingerprint density at radius 2 is 1.90 bits per heavy atom. The van der Waals surface area contributed by atoms with Crippen LogP contribution in [0.2, 0.25) is 0 Å². The summed E-state index contributed by atoms with van der Waals surface area (Å²) in [7, 11) is 7.57. The van der Waals surface area contributed by atoms with E-state index < -0.39 is 0 Å². The topological polar surface area (TPSA) is 111 Å². The van der Waals surface area contributed by atoms with E-state index in [1.54, 1.807) is 31.5 Å². The van der Waals surface area contributed by atoms with E-state index in [-0.39, 0.29) is 31.3 Å². The minimum atomic E-state index is -0.320. The first-order chi connectivity index (χ1) is 19.7. The number of carbonyl (C=O) groups is 2. The number of benzene rings is 2. The number of anilines is 3. The highest BCUT2D eigenvalue weighted by atomic mass is 32.1. The van der Waals surface area contributed by atoms with Gasteiger partial charge in [-0.2, -0.15) is 13.5 Å². The number of likely N-dealkylation sites (N-methyl/N-ethyl adjacent to an activating group) is 2. The Kier molecular flexibility index (Phi) is 11.5. The van der Waals surface area contributed by atoms with Crippen LogP contribution in [0.5, 0.6) is 5.75 Å². The van der Waals surface area contributed by atoms with Gasteiger partial charge in [-0.1, -0.05) is 6.58 Å². The first-order valence-corrected chi connectivity index (χ1v) is 13.6. The summed E-state index contributed by atoms with van der Waals surface area (Å²) in [4.78, 5) is 40.7. The molecular weight excluding hydrogens is 552 g/mol. The molecule has 1 saturated heterocycles. The highest BCUT2D eigenvalue weighted by Crippen LogP contribution is 2.34. The lowest BCUT2D eigenvalue weighted by Crippen LogP contribution is -2.29. The van der Waals surface area contributed by atoms with Crippen LogP contribution < -0.4 is 19.9 Å². The van der Waals surface area contributed by atoms with Gasteiger partial charge in [-0.3, -0.25) is 9.59 Å². The van der Waals surface area contributed by atoms with Gasteiger partial charge in [0.2, 0.25) is 11.7 Å². The van der Waals surface area contributed by atoms with Crippen LogP contribution in [0.15, 0.2) is 61.3 Å². The van der Waals surface area contributed by atoms with Crippen molar-refractivity contribution in [1.82, 2.24) is 14.9 Å². The smallest absolute Gasteiger partial charge is 0.247 e. The number of hydrogen-bond acceptors (Lipinski definition) is 9. The second-order valence-electron chi connectivity index (χ2n) is 10.4. The van der Waals surface area contributed by atoms with Crippen molar-refractivity contribution in [2.75, 3.05) is 69.5 Å².